The number of hydrogen-bond acceptors (Lipinski definition) is 3. The lowest BCUT2D eigenvalue weighted by Gasteiger charge is -2.15. The number of fused-ring (bicyclic) bond motifs is 1. The summed E-state index contributed by atoms with van der Waals surface area (Å²) in [6.45, 7) is 1.98. The van der Waals surface area contributed by atoms with Crippen molar-refractivity contribution in [2.75, 3.05) is 7.11 Å². The van der Waals surface area contributed by atoms with E-state index in [0.29, 0.717) is 11.4 Å². The third kappa shape index (κ3) is 3.54. The number of carbonyl (C=O) groups excluding carboxylic acids is 1. The Balaban J connectivity index is 1.71. The fraction of sp³-hybridized carbons (Fsp3) is 0.200. The Labute approximate surface area is 141 Å². The van der Waals surface area contributed by atoms with E-state index < -0.39 is 0 Å². The minimum Gasteiger partial charge on any atom is -0.495 e. The molecule has 0 radical (unpaired) electrons. The first kappa shape index (κ1) is 16.0. The molecule has 0 saturated carbocycles. The van der Waals surface area contributed by atoms with Gasteiger partial charge >= 0.3 is 0 Å². The molecule has 4 nitrogen and oxygen atoms in total. The number of carbonyl (C=O) groups is 1. The topological polar surface area (TPSA) is 51.2 Å². The molecule has 1 atom stereocenters. The maximum Gasteiger partial charge on any atom is 0.226 e. The summed E-state index contributed by atoms with van der Waals surface area (Å²) in [7, 11) is 1.58. The van der Waals surface area contributed by atoms with Crippen molar-refractivity contribution in [1.29, 1.82) is 0 Å². The molecule has 1 amide bonds. The van der Waals surface area contributed by atoms with E-state index >= 15 is 0 Å². The van der Waals surface area contributed by atoms with E-state index in [1.165, 1.54) is 10.8 Å². The Morgan fingerprint density at radius 3 is 2.71 bits per heavy atom. The highest BCUT2D eigenvalue weighted by Crippen LogP contribution is 2.21. The van der Waals surface area contributed by atoms with E-state index in [9.17, 15) is 4.79 Å². The van der Waals surface area contributed by atoms with Crippen molar-refractivity contribution in [1.82, 2.24) is 10.3 Å². The number of aromatic nitrogens is 1. The SMILES string of the molecule is COc1cccnc1CC(=O)N[C@@H](C)c1ccc2ccccc2c1. The van der Waals surface area contributed by atoms with Crippen molar-refractivity contribution < 1.29 is 9.53 Å². The van der Waals surface area contributed by atoms with E-state index in [-0.39, 0.29) is 18.4 Å². The van der Waals surface area contributed by atoms with Crippen LogP contribution in [0.15, 0.2) is 60.8 Å². The van der Waals surface area contributed by atoms with Crippen LogP contribution in [-0.4, -0.2) is 18.0 Å². The minimum absolute atomic E-state index is 0.0724. The summed E-state index contributed by atoms with van der Waals surface area (Å²) in [4.78, 5) is 16.5. The molecular weight excluding hydrogens is 300 g/mol. The predicted molar refractivity (Wildman–Crippen MR) is 95.0 cm³/mol. The van der Waals surface area contributed by atoms with Crippen LogP contribution in [0.1, 0.15) is 24.2 Å². The Morgan fingerprint density at radius 2 is 1.92 bits per heavy atom. The van der Waals surface area contributed by atoms with Crippen molar-refractivity contribution >= 4 is 16.7 Å². The first-order chi connectivity index (χ1) is 11.7. The number of rotatable bonds is 5. The zero-order valence-corrected chi connectivity index (χ0v) is 13.8. The fourth-order valence-corrected chi connectivity index (χ4v) is 2.75. The lowest BCUT2D eigenvalue weighted by Crippen LogP contribution is -2.28. The van der Waals surface area contributed by atoms with Gasteiger partial charge in [-0.05, 0) is 41.5 Å². The molecule has 0 aliphatic carbocycles. The number of hydrogen-bond donors (Lipinski definition) is 1. The number of nitrogens with zero attached hydrogens (tertiary/aromatic N) is 1. The summed E-state index contributed by atoms with van der Waals surface area (Å²) in [6, 6.07) is 18.0. The van der Waals surface area contributed by atoms with Crippen LogP contribution in [0.2, 0.25) is 0 Å². The summed E-state index contributed by atoms with van der Waals surface area (Å²) in [6.07, 6.45) is 1.86. The summed E-state index contributed by atoms with van der Waals surface area (Å²) in [5.41, 5.74) is 1.72. The predicted octanol–water partition coefficient (Wildman–Crippen LogP) is 3.66. The van der Waals surface area contributed by atoms with Gasteiger partial charge in [-0.2, -0.15) is 0 Å². The van der Waals surface area contributed by atoms with Crippen molar-refractivity contribution in [3.63, 3.8) is 0 Å². The van der Waals surface area contributed by atoms with Gasteiger partial charge in [-0.3, -0.25) is 9.78 Å². The van der Waals surface area contributed by atoms with Crippen LogP contribution in [0.5, 0.6) is 5.75 Å². The molecule has 1 heterocycles. The highest BCUT2D eigenvalue weighted by Gasteiger charge is 2.13. The van der Waals surface area contributed by atoms with Gasteiger partial charge in [-0.25, -0.2) is 0 Å². The molecule has 3 rings (SSSR count). The monoisotopic (exact) mass is 320 g/mol. The Kier molecular flexibility index (Phi) is 4.75. The quantitative estimate of drug-likeness (QED) is 0.780. The first-order valence-corrected chi connectivity index (χ1v) is 7.93. The van der Waals surface area contributed by atoms with Gasteiger partial charge < -0.3 is 10.1 Å². The van der Waals surface area contributed by atoms with Crippen molar-refractivity contribution in [3.8, 4) is 5.75 Å². The Bertz CT molecular complexity index is 861. The normalized spacial score (nSPS) is 11.9. The van der Waals surface area contributed by atoms with Gasteiger partial charge in [0.25, 0.3) is 0 Å². The molecule has 0 spiro atoms. The molecule has 0 aliphatic heterocycles. The molecule has 0 fully saturated rings. The summed E-state index contributed by atoms with van der Waals surface area (Å²) in [5.74, 6) is 0.554. The Morgan fingerprint density at radius 1 is 1.12 bits per heavy atom. The van der Waals surface area contributed by atoms with E-state index in [1.54, 1.807) is 19.4 Å². The van der Waals surface area contributed by atoms with Gasteiger partial charge in [0.05, 0.1) is 25.3 Å². The summed E-state index contributed by atoms with van der Waals surface area (Å²) >= 11 is 0. The zero-order valence-electron chi connectivity index (χ0n) is 13.8. The van der Waals surface area contributed by atoms with Crippen LogP contribution >= 0.6 is 0 Å². The van der Waals surface area contributed by atoms with E-state index in [1.807, 2.05) is 25.1 Å². The lowest BCUT2D eigenvalue weighted by molar-refractivity contribution is -0.121. The number of ether oxygens (including phenoxy) is 1. The van der Waals surface area contributed by atoms with Gasteiger partial charge in [0, 0.05) is 6.20 Å². The van der Waals surface area contributed by atoms with Crippen molar-refractivity contribution in [3.05, 3.63) is 72.1 Å². The highest BCUT2D eigenvalue weighted by molar-refractivity contribution is 5.83. The van der Waals surface area contributed by atoms with Crippen LogP contribution in [0, 0.1) is 0 Å². The molecule has 122 valence electrons. The van der Waals surface area contributed by atoms with Crippen LogP contribution in [0.4, 0.5) is 0 Å². The van der Waals surface area contributed by atoms with Gasteiger partial charge in [0.15, 0.2) is 0 Å². The van der Waals surface area contributed by atoms with Crippen LogP contribution in [0.25, 0.3) is 10.8 Å². The summed E-state index contributed by atoms with van der Waals surface area (Å²) in [5, 5.41) is 5.39. The van der Waals surface area contributed by atoms with Gasteiger partial charge in [-0.1, -0.05) is 36.4 Å². The Hall–Kier alpha value is -2.88. The molecule has 4 heteroatoms. The third-order valence-electron chi connectivity index (χ3n) is 4.05. The molecule has 0 saturated heterocycles. The molecule has 1 aromatic heterocycles. The number of nitrogens with one attached hydrogen (secondary N) is 1. The molecule has 0 bridgehead atoms. The van der Waals surface area contributed by atoms with Gasteiger partial charge in [0.1, 0.15) is 5.75 Å². The van der Waals surface area contributed by atoms with Crippen LogP contribution in [-0.2, 0) is 11.2 Å². The second-order valence-corrected chi connectivity index (χ2v) is 5.72. The zero-order chi connectivity index (χ0) is 16.9. The fourth-order valence-electron chi connectivity index (χ4n) is 2.75. The molecular formula is C20H20N2O2. The average molecular weight is 320 g/mol. The summed E-state index contributed by atoms with van der Waals surface area (Å²) < 4.78 is 5.24. The van der Waals surface area contributed by atoms with Gasteiger partial charge in [0.2, 0.25) is 5.91 Å². The second kappa shape index (κ2) is 7.13. The number of amides is 1. The standard InChI is InChI=1S/C20H20N2O2/c1-14(16-10-9-15-6-3-4-7-17(15)12-16)22-20(23)13-18-19(24-2)8-5-11-21-18/h3-12,14H,13H2,1-2H3,(H,22,23)/t14-/m0/s1. The average Bonchev–Trinajstić information content (AvgIpc) is 2.61. The molecule has 24 heavy (non-hydrogen) atoms. The van der Waals surface area contributed by atoms with Crippen LogP contribution in [0.3, 0.4) is 0 Å². The van der Waals surface area contributed by atoms with Crippen molar-refractivity contribution in [2.45, 2.75) is 19.4 Å². The number of pyridine rings is 1. The molecule has 2 aromatic carbocycles. The molecule has 1 N–H and O–H groups in total. The maximum absolute atomic E-state index is 12.3. The second-order valence-electron chi connectivity index (χ2n) is 5.72. The van der Waals surface area contributed by atoms with Crippen LogP contribution < -0.4 is 10.1 Å². The number of methoxy groups -OCH3 is 1. The van der Waals surface area contributed by atoms with Crippen molar-refractivity contribution in [2.24, 2.45) is 0 Å². The molecule has 0 aliphatic rings. The largest absolute Gasteiger partial charge is 0.495 e. The number of benzene rings is 2. The highest BCUT2D eigenvalue weighted by atomic mass is 16.5. The van der Waals surface area contributed by atoms with E-state index in [4.69, 9.17) is 4.74 Å². The molecule has 3 aromatic rings. The first-order valence-electron chi connectivity index (χ1n) is 7.93. The van der Waals surface area contributed by atoms with E-state index in [0.717, 1.165) is 5.56 Å². The maximum atomic E-state index is 12.3. The third-order valence-corrected chi connectivity index (χ3v) is 4.05. The minimum atomic E-state index is -0.0762. The van der Waals surface area contributed by atoms with E-state index in [2.05, 4.69) is 40.6 Å². The smallest absolute Gasteiger partial charge is 0.226 e. The lowest BCUT2D eigenvalue weighted by atomic mass is 10.0. The molecule has 0 unspecified atom stereocenters. The van der Waals surface area contributed by atoms with Gasteiger partial charge in [-0.15, -0.1) is 0 Å².